The van der Waals surface area contributed by atoms with Gasteiger partial charge in [0, 0.05) is 43.1 Å². The third-order valence-electron chi connectivity index (χ3n) is 6.30. The number of likely N-dealkylation sites (tertiary alicyclic amines) is 1. The Kier molecular flexibility index (Phi) is 7.40. The minimum Gasteiger partial charge on any atom is -0.493 e. The Bertz CT molecular complexity index is 1350. The predicted molar refractivity (Wildman–Crippen MR) is 135 cm³/mol. The van der Waals surface area contributed by atoms with Crippen LogP contribution in [0, 0.1) is 5.82 Å². The van der Waals surface area contributed by atoms with Crippen LogP contribution in [0.25, 0.3) is 0 Å². The van der Waals surface area contributed by atoms with E-state index in [4.69, 9.17) is 14.2 Å². The molecule has 4 bridgehead atoms. The van der Waals surface area contributed by atoms with E-state index in [1.807, 2.05) is 0 Å². The Morgan fingerprint density at radius 1 is 1.24 bits per heavy atom. The number of thiazole rings is 1. The van der Waals surface area contributed by atoms with E-state index < -0.39 is 29.8 Å². The number of carbonyl (C=O) groups excluding carboxylic acids is 3. The van der Waals surface area contributed by atoms with E-state index in [-0.39, 0.29) is 42.7 Å². The van der Waals surface area contributed by atoms with E-state index in [9.17, 15) is 18.8 Å². The lowest BCUT2D eigenvalue weighted by Crippen LogP contribution is -2.58. The zero-order valence-corrected chi connectivity index (χ0v) is 21.3. The SMILES string of the molecule is COc1ccc2cc1OCC(=O)NCc1cc(F)cc(c1)O[C@@H]1CCN(C(=O)c3cscn3)C[C@@H]1NC2=O. The number of ether oxygens (including phenoxy) is 3. The van der Waals surface area contributed by atoms with Crippen molar-refractivity contribution >= 4 is 29.1 Å². The first-order valence-corrected chi connectivity index (χ1v) is 12.9. The maximum atomic E-state index is 14.4. The molecule has 0 radical (unpaired) electrons. The molecular weight excluding hydrogens is 515 g/mol. The lowest BCUT2D eigenvalue weighted by atomic mass is 10.0. The Labute approximate surface area is 221 Å². The molecular formula is C26H25FN4O6S. The number of carbonyl (C=O) groups is 3. The second-order valence-electron chi connectivity index (χ2n) is 8.88. The average Bonchev–Trinajstić information content (AvgIpc) is 3.45. The van der Waals surface area contributed by atoms with Gasteiger partial charge in [-0.2, -0.15) is 0 Å². The van der Waals surface area contributed by atoms with Crippen molar-refractivity contribution in [3.8, 4) is 17.2 Å². The summed E-state index contributed by atoms with van der Waals surface area (Å²) < 4.78 is 31.5. The smallest absolute Gasteiger partial charge is 0.273 e. The van der Waals surface area contributed by atoms with Crippen LogP contribution in [0.3, 0.4) is 0 Å². The monoisotopic (exact) mass is 540 g/mol. The highest BCUT2D eigenvalue weighted by molar-refractivity contribution is 7.07. The number of methoxy groups -OCH3 is 1. The molecule has 2 N–H and O–H groups in total. The summed E-state index contributed by atoms with van der Waals surface area (Å²) in [5.74, 6) is -0.812. The molecule has 5 rings (SSSR count). The number of fused-ring (bicyclic) bond motifs is 5. The molecule has 12 heteroatoms. The fourth-order valence-corrected chi connectivity index (χ4v) is 4.94. The van der Waals surface area contributed by atoms with Crippen LogP contribution in [0.1, 0.15) is 32.8 Å². The number of nitrogens with one attached hydrogen (secondary N) is 2. The molecule has 3 heterocycles. The highest BCUT2D eigenvalue weighted by atomic mass is 32.1. The molecule has 2 aliphatic rings. The van der Waals surface area contributed by atoms with Crippen LogP contribution in [0.15, 0.2) is 47.3 Å². The number of hydrogen-bond acceptors (Lipinski definition) is 8. The molecule has 1 saturated heterocycles. The Hall–Kier alpha value is -4.19. The summed E-state index contributed by atoms with van der Waals surface area (Å²) in [4.78, 5) is 44.4. The van der Waals surface area contributed by atoms with Crippen LogP contribution < -0.4 is 24.8 Å². The minimum absolute atomic E-state index is 0.0637. The average molecular weight is 541 g/mol. The molecule has 3 amide bonds. The van der Waals surface area contributed by atoms with Crippen molar-refractivity contribution in [1.82, 2.24) is 20.5 Å². The molecule has 1 aromatic heterocycles. The van der Waals surface area contributed by atoms with Crippen molar-refractivity contribution in [2.45, 2.75) is 25.1 Å². The fraction of sp³-hybridized carbons (Fsp3) is 0.308. The zero-order valence-electron chi connectivity index (χ0n) is 20.4. The number of rotatable bonds is 2. The van der Waals surface area contributed by atoms with Gasteiger partial charge in [0.2, 0.25) is 0 Å². The van der Waals surface area contributed by atoms with Gasteiger partial charge in [-0.1, -0.05) is 0 Å². The van der Waals surface area contributed by atoms with E-state index >= 15 is 0 Å². The lowest BCUT2D eigenvalue weighted by molar-refractivity contribution is -0.123. The molecule has 2 aromatic carbocycles. The highest BCUT2D eigenvalue weighted by Gasteiger charge is 2.35. The zero-order chi connectivity index (χ0) is 26.6. The minimum atomic E-state index is -0.607. The predicted octanol–water partition coefficient (Wildman–Crippen LogP) is 2.39. The first-order chi connectivity index (χ1) is 18.4. The summed E-state index contributed by atoms with van der Waals surface area (Å²) in [5, 5.41) is 7.33. The van der Waals surface area contributed by atoms with E-state index in [1.54, 1.807) is 34.0 Å². The van der Waals surface area contributed by atoms with Gasteiger partial charge >= 0.3 is 0 Å². The van der Waals surface area contributed by atoms with Gasteiger partial charge in [0.05, 0.1) is 18.7 Å². The summed E-state index contributed by atoms with van der Waals surface area (Å²) in [6.45, 7) is 0.267. The summed E-state index contributed by atoms with van der Waals surface area (Å²) in [6, 6.07) is 8.21. The van der Waals surface area contributed by atoms with Gasteiger partial charge in [-0.25, -0.2) is 9.37 Å². The van der Waals surface area contributed by atoms with Gasteiger partial charge in [0.15, 0.2) is 18.1 Å². The van der Waals surface area contributed by atoms with Crippen LogP contribution >= 0.6 is 11.3 Å². The maximum absolute atomic E-state index is 14.4. The maximum Gasteiger partial charge on any atom is 0.273 e. The molecule has 198 valence electrons. The van der Waals surface area contributed by atoms with Gasteiger partial charge in [0.25, 0.3) is 17.7 Å². The number of nitrogens with zero attached hydrogens (tertiary/aromatic N) is 2. The number of hydrogen-bond donors (Lipinski definition) is 2. The van der Waals surface area contributed by atoms with Crippen molar-refractivity contribution in [3.63, 3.8) is 0 Å². The molecule has 38 heavy (non-hydrogen) atoms. The second-order valence-corrected chi connectivity index (χ2v) is 9.59. The molecule has 0 spiro atoms. The fourth-order valence-electron chi connectivity index (χ4n) is 4.42. The number of aromatic nitrogens is 1. The number of piperidine rings is 1. The topological polar surface area (TPSA) is 119 Å². The van der Waals surface area contributed by atoms with E-state index in [0.29, 0.717) is 30.0 Å². The Morgan fingerprint density at radius 2 is 2.11 bits per heavy atom. The van der Waals surface area contributed by atoms with Crippen molar-refractivity contribution in [3.05, 3.63) is 69.9 Å². The molecule has 3 aromatic rings. The van der Waals surface area contributed by atoms with Crippen LogP contribution in [0.5, 0.6) is 17.2 Å². The molecule has 0 saturated carbocycles. The number of amides is 3. The molecule has 0 unspecified atom stereocenters. The summed E-state index contributed by atoms with van der Waals surface area (Å²) in [7, 11) is 1.45. The summed E-state index contributed by atoms with van der Waals surface area (Å²) >= 11 is 1.32. The van der Waals surface area contributed by atoms with E-state index in [1.165, 1.54) is 36.6 Å². The second kappa shape index (κ2) is 11.1. The molecule has 10 nitrogen and oxygen atoms in total. The number of benzene rings is 2. The van der Waals surface area contributed by atoms with Crippen molar-refractivity contribution < 1.29 is 33.0 Å². The Balaban J connectivity index is 1.47. The van der Waals surface area contributed by atoms with Crippen molar-refractivity contribution in [2.24, 2.45) is 0 Å². The normalized spacial score (nSPS) is 19.8. The standard InChI is InChI=1S/C26H25FN4O6S/c1-35-22-3-2-16-8-23(22)36-12-24(32)28-10-15-6-17(27)9-18(7-15)37-21-4-5-31(11-19(21)30-25(16)33)26(34)20-13-38-14-29-20/h2-3,6-9,13-14,19,21H,4-5,10-12H2,1H3,(H,28,32)(H,30,33)/t19-,21+/m0/s1. The lowest BCUT2D eigenvalue weighted by Gasteiger charge is -2.38. The van der Waals surface area contributed by atoms with Crippen LogP contribution in [0.4, 0.5) is 4.39 Å². The highest BCUT2D eigenvalue weighted by Crippen LogP contribution is 2.29. The van der Waals surface area contributed by atoms with E-state index in [2.05, 4.69) is 15.6 Å². The van der Waals surface area contributed by atoms with Crippen LogP contribution in [0.2, 0.25) is 0 Å². The van der Waals surface area contributed by atoms with Gasteiger partial charge in [0.1, 0.15) is 23.4 Å². The first kappa shape index (κ1) is 25.5. The van der Waals surface area contributed by atoms with Gasteiger partial charge in [-0.05, 0) is 35.9 Å². The van der Waals surface area contributed by atoms with Gasteiger partial charge < -0.3 is 29.7 Å². The van der Waals surface area contributed by atoms with E-state index in [0.717, 1.165) is 0 Å². The third kappa shape index (κ3) is 5.70. The van der Waals surface area contributed by atoms with Gasteiger partial charge in [-0.3, -0.25) is 14.4 Å². The summed E-state index contributed by atoms with van der Waals surface area (Å²) in [6.07, 6.45) is -0.162. The largest absolute Gasteiger partial charge is 0.493 e. The Morgan fingerprint density at radius 3 is 2.89 bits per heavy atom. The first-order valence-electron chi connectivity index (χ1n) is 11.9. The number of halogens is 1. The van der Waals surface area contributed by atoms with Crippen LogP contribution in [-0.2, 0) is 11.3 Å². The molecule has 1 fully saturated rings. The molecule has 2 atom stereocenters. The molecule has 2 aliphatic heterocycles. The summed E-state index contributed by atoms with van der Waals surface area (Å²) in [5.41, 5.74) is 2.69. The third-order valence-corrected chi connectivity index (χ3v) is 6.88. The van der Waals surface area contributed by atoms with Crippen molar-refractivity contribution in [1.29, 1.82) is 0 Å². The van der Waals surface area contributed by atoms with Crippen molar-refractivity contribution in [2.75, 3.05) is 26.8 Å². The van der Waals surface area contributed by atoms with Gasteiger partial charge in [-0.15, -0.1) is 11.3 Å². The quantitative estimate of drug-likeness (QED) is 0.512. The molecule has 0 aliphatic carbocycles. The van der Waals surface area contributed by atoms with Crippen LogP contribution in [-0.4, -0.2) is 66.6 Å².